The number of esters is 1. The zero-order valence-corrected chi connectivity index (χ0v) is 8.60. The minimum Gasteiger partial charge on any atom is -0.465 e. The van der Waals surface area contributed by atoms with Crippen LogP contribution in [-0.4, -0.2) is 13.1 Å². The zero-order chi connectivity index (χ0) is 11.3. The molecule has 0 fully saturated rings. The van der Waals surface area contributed by atoms with Crippen LogP contribution in [0.15, 0.2) is 30.1 Å². The van der Waals surface area contributed by atoms with Crippen LogP contribution in [-0.2, 0) is 16.6 Å². The number of ether oxygens (including phenoxy) is 1. The lowest BCUT2D eigenvalue weighted by Crippen LogP contribution is -2.26. The summed E-state index contributed by atoms with van der Waals surface area (Å²) in [6.45, 7) is 0. The standard InChI is InChI=1S/C11H11N2O2/c1-13-5-3-4-9(8-13)6-10(7-12)11(14)15-2/h3-6,8H,1-2H3/q+1. The molecule has 4 heteroatoms. The van der Waals surface area contributed by atoms with E-state index in [-0.39, 0.29) is 5.57 Å². The molecule has 1 aromatic heterocycles. The van der Waals surface area contributed by atoms with Gasteiger partial charge >= 0.3 is 5.97 Å². The first-order valence-corrected chi connectivity index (χ1v) is 4.33. The fourth-order valence-corrected chi connectivity index (χ4v) is 1.11. The smallest absolute Gasteiger partial charge is 0.348 e. The topological polar surface area (TPSA) is 54.0 Å². The van der Waals surface area contributed by atoms with Crippen LogP contribution in [0.3, 0.4) is 0 Å². The Morgan fingerprint density at radius 2 is 2.40 bits per heavy atom. The van der Waals surface area contributed by atoms with Gasteiger partial charge in [0.15, 0.2) is 12.4 Å². The van der Waals surface area contributed by atoms with E-state index < -0.39 is 5.97 Å². The highest BCUT2D eigenvalue weighted by molar-refractivity contribution is 5.97. The lowest BCUT2D eigenvalue weighted by molar-refractivity contribution is -0.671. The van der Waals surface area contributed by atoms with Crippen LogP contribution >= 0.6 is 0 Å². The molecule has 0 radical (unpaired) electrons. The zero-order valence-electron chi connectivity index (χ0n) is 8.60. The van der Waals surface area contributed by atoms with Gasteiger partial charge in [0, 0.05) is 11.6 Å². The molecular formula is C11H11N2O2+. The van der Waals surface area contributed by atoms with Gasteiger partial charge in [-0.15, -0.1) is 0 Å². The molecule has 1 rings (SSSR count). The van der Waals surface area contributed by atoms with E-state index in [1.165, 1.54) is 13.2 Å². The predicted molar refractivity (Wildman–Crippen MR) is 53.2 cm³/mol. The Morgan fingerprint density at radius 1 is 1.67 bits per heavy atom. The third kappa shape index (κ3) is 2.92. The van der Waals surface area contributed by atoms with Crippen LogP contribution in [0.5, 0.6) is 0 Å². The summed E-state index contributed by atoms with van der Waals surface area (Å²) < 4.78 is 6.30. The van der Waals surface area contributed by atoms with Gasteiger partial charge in [-0.1, -0.05) is 0 Å². The quantitative estimate of drug-likeness (QED) is 0.306. The fourth-order valence-electron chi connectivity index (χ4n) is 1.11. The van der Waals surface area contributed by atoms with E-state index >= 15 is 0 Å². The summed E-state index contributed by atoms with van der Waals surface area (Å²) in [4.78, 5) is 11.1. The lowest BCUT2D eigenvalue weighted by atomic mass is 10.2. The molecule has 1 heterocycles. The van der Waals surface area contributed by atoms with Gasteiger partial charge in [0.05, 0.1) is 7.11 Å². The van der Waals surface area contributed by atoms with Gasteiger partial charge < -0.3 is 4.74 Å². The normalized spacial score (nSPS) is 10.6. The molecule has 0 aromatic carbocycles. The number of carbonyl (C=O) groups is 1. The number of pyridine rings is 1. The van der Waals surface area contributed by atoms with Crippen molar-refractivity contribution in [2.24, 2.45) is 7.05 Å². The molecule has 0 bridgehead atoms. The average molecular weight is 203 g/mol. The molecule has 0 aliphatic heterocycles. The van der Waals surface area contributed by atoms with E-state index in [9.17, 15) is 4.79 Å². The van der Waals surface area contributed by atoms with Crippen molar-refractivity contribution in [3.05, 3.63) is 35.7 Å². The Hall–Kier alpha value is -2.15. The van der Waals surface area contributed by atoms with Crippen LogP contribution in [0.4, 0.5) is 0 Å². The predicted octanol–water partition coefficient (Wildman–Crippen LogP) is 0.591. The van der Waals surface area contributed by atoms with Crippen LogP contribution in [0.25, 0.3) is 6.08 Å². The first kappa shape index (κ1) is 10.9. The number of nitriles is 1. The maximum absolute atomic E-state index is 11.1. The maximum Gasteiger partial charge on any atom is 0.348 e. The largest absolute Gasteiger partial charge is 0.465 e. The van der Waals surface area contributed by atoms with Gasteiger partial charge in [-0.3, -0.25) is 0 Å². The Kier molecular flexibility index (Phi) is 3.58. The Bertz CT molecular complexity index is 444. The minimum atomic E-state index is -0.621. The highest BCUT2D eigenvalue weighted by Gasteiger charge is 2.08. The second-order valence-corrected chi connectivity index (χ2v) is 2.96. The van der Waals surface area contributed by atoms with Gasteiger partial charge in [0.25, 0.3) is 0 Å². The average Bonchev–Trinajstić information content (AvgIpc) is 2.25. The van der Waals surface area contributed by atoms with Crippen molar-refractivity contribution in [1.29, 1.82) is 5.26 Å². The Labute approximate surface area is 88.0 Å². The molecule has 4 nitrogen and oxygen atoms in total. The van der Waals surface area contributed by atoms with E-state index in [1.807, 2.05) is 23.9 Å². The first-order chi connectivity index (χ1) is 7.17. The molecule has 0 N–H and O–H groups in total. The molecule has 0 amide bonds. The second-order valence-electron chi connectivity index (χ2n) is 2.96. The van der Waals surface area contributed by atoms with Crippen LogP contribution in [0, 0.1) is 11.3 Å². The monoisotopic (exact) mass is 203 g/mol. The van der Waals surface area contributed by atoms with Gasteiger partial charge in [-0.2, -0.15) is 5.26 Å². The van der Waals surface area contributed by atoms with Crippen molar-refractivity contribution in [2.75, 3.05) is 7.11 Å². The summed E-state index contributed by atoms with van der Waals surface area (Å²) >= 11 is 0. The van der Waals surface area contributed by atoms with Crippen molar-refractivity contribution in [3.63, 3.8) is 0 Å². The van der Waals surface area contributed by atoms with Crippen molar-refractivity contribution < 1.29 is 14.1 Å². The summed E-state index contributed by atoms with van der Waals surface area (Å²) in [6.07, 6.45) is 5.16. The van der Waals surface area contributed by atoms with E-state index in [1.54, 1.807) is 18.3 Å². The highest BCUT2D eigenvalue weighted by atomic mass is 16.5. The molecular weight excluding hydrogens is 192 g/mol. The second kappa shape index (κ2) is 4.91. The number of methoxy groups -OCH3 is 1. The molecule has 0 spiro atoms. The number of carbonyl (C=O) groups excluding carboxylic acids is 1. The van der Waals surface area contributed by atoms with Crippen LogP contribution in [0.1, 0.15) is 5.56 Å². The Balaban J connectivity index is 3.05. The summed E-state index contributed by atoms with van der Waals surface area (Å²) in [5.41, 5.74) is 0.769. The third-order valence-electron chi connectivity index (χ3n) is 1.80. The fraction of sp³-hybridized carbons (Fsp3) is 0.182. The number of hydrogen-bond acceptors (Lipinski definition) is 3. The number of rotatable bonds is 2. The van der Waals surface area contributed by atoms with E-state index in [0.717, 1.165) is 5.56 Å². The summed E-state index contributed by atoms with van der Waals surface area (Å²) in [7, 11) is 3.11. The van der Waals surface area contributed by atoms with Gasteiger partial charge in [0.1, 0.15) is 18.7 Å². The van der Waals surface area contributed by atoms with E-state index in [0.29, 0.717) is 0 Å². The number of nitrogens with zero attached hydrogens (tertiary/aromatic N) is 2. The molecule has 0 unspecified atom stereocenters. The van der Waals surface area contributed by atoms with Gasteiger partial charge in [0.2, 0.25) is 0 Å². The first-order valence-electron chi connectivity index (χ1n) is 4.33. The molecule has 76 valence electrons. The SMILES string of the molecule is COC(=O)C(C#N)=Cc1ccc[n+](C)c1. The Morgan fingerprint density at radius 3 is 2.93 bits per heavy atom. The van der Waals surface area contributed by atoms with Gasteiger partial charge in [-0.25, -0.2) is 9.36 Å². The molecule has 0 atom stereocenters. The van der Waals surface area contributed by atoms with Crippen molar-refractivity contribution in [2.45, 2.75) is 0 Å². The van der Waals surface area contributed by atoms with E-state index in [4.69, 9.17) is 5.26 Å². The number of aryl methyl sites for hydroxylation is 1. The van der Waals surface area contributed by atoms with Crippen LogP contribution < -0.4 is 4.57 Å². The van der Waals surface area contributed by atoms with Crippen molar-refractivity contribution >= 4 is 12.0 Å². The molecule has 0 aliphatic carbocycles. The van der Waals surface area contributed by atoms with Crippen molar-refractivity contribution in [3.8, 4) is 6.07 Å². The van der Waals surface area contributed by atoms with Crippen LogP contribution in [0.2, 0.25) is 0 Å². The number of hydrogen-bond donors (Lipinski definition) is 0. The van der Waals surface area contributed by atoms with Crippen molar-refractivity contribution in [1.82, 2.24) is 0 Å². The molecule has 0 aliphatic rings. The molecule has 0 saturated carbocycles. The molecule has 1 aromatic rings. The summed E-state index contributed by atoms with van der Waals surface area (Å²) in [6, 6.07) is 5.44. The lowest BCUT2D eigenvalue weighted by Gasteiger charge is -1.95. The number of aromatic nitrogens is 1. The third-order valence-corrected chi connectivity index (χ3v) is 1.80. The summed E-state index contributed by atoms with van der Waals surface area (Å²) in [5, 5.41) is 8.73. The molecule has 0 saturated heterocycles. The summed E-state index contributed by atoms with van der Waals surface area (Å²) in [5.74, 6) is -0.621. The highest BCUT2D eigenvalue weighted by Crippen LogP contribution is 2.04. The molecule has 15 heavy (non-hydrogen) atoms. The minimum absolute atomic E-state index is 0.0105. The van der Waals surface area contributed by atoms with Gasteiger partial charge in [-0.05, 0) is 12.1 Å². The maximum atomic E-state index is 11.1. The van der Waals surface area contributed by atoms with E-state index in [2.05, 4.69) is 4.74 Å².